The Morgan fingerprint density at radius 1 is 0.444 bits per heavy atom. The average Bonchev–Trinajstić information content (AvgIpc) is 3.40. The Hall–Kier alpha value is -4.42. The maximum absolute atomic E-state index is 2.49. The van der Waals surface area contributed by atoms with Crippen LogP contribution in [0.1, 0.15) is 27.8 Å². The summed E-state index contributed by atoms with van der Waals surface area (Å²) in [5.74, 6) is 0. The maximum atomic E-state index is 2.49. The van der Waals surface area contributed by atoms with Crippen LogP contribution in [0.5, 0.6) is 0 Å². The molecule has 0 fully saturated rings. The second-order valence-corrected chi connectivity index (χ2v) is 10.1. The fraction of sp³-hybridized carbons (Fsp3) is 0.0556. The normalized spacial score (nSPS) is 13.9. The molecule has 0 aliphatic heterocycles. The molecule has 0 saturated heterocycles. The molecule has 0 unspecified atom stereocenters. The summed E-state index contributed by atoms with van der Waals surface area (Å²) in [6.45, 7) is 2.24. The molecule has 36 heavy (non-hydrogen) atoms. The third-order valence-corrected chi connectivity index (χ3v) is 8.42. The molecule has 0 atom stereocenters. The van der Waals surface area contributed by atoms with E-state index in [1.54, 1.807) is 0 Å². The molecule has 0 aromatic heterocycles. The second kappa shape index (κ2) is 7.06. The second-order valence-electron chi connectivity index (χ2n) is 10.1. The van der Waals surface area contributed by atoms with Gasteiger partial charge in [0.25, 0.3) is 0 Å². The van der Waals surface area contributed by atoms with E-state index >= 15 is 0 Å². The number of aryl methyl sites for hydroxylation is 1. The summed E-state index contributed by atoms with van der Waals surface area (Å²) in [4.78, 5) is 0. The highest BCUT2D eigenvalue weighted by Crippen LogP contribution is 2.63. The van der Waals surface area contributed by atoms with Crippen LogP contribution in [0.2, 0.25) is 0 Å². The van der Waals surface area contributed by atoms with Crippen LogP contribution in [0.25, 0.3) is 44.2 Å². The van der Waals surface area contributed by atoms with Gasteiger partial charge in [-0.15, -0.1) is 0 Å². The lowest BCUT2D eigenvalue weighted by atomic mass is 9.70. The number of hydrogen-bond donors (Lipinski definition) is 0. The first-order valence-electron chi connectivity index (χ1n) is 12.7. The quantitative estimate of drug-likeness (QED) is 0.231. The predicted molar refractivity (Wildman–Crippen MR) is 150 cm³/mol. The van der Waals surface area contributed by atoms with E-state index in [2.05, 4.69) is 134 Å². The lowest BCUT2D eigenvalue weighted by molar-refractivity contribution is 0.794. The van der Waals surface area contributed by atoms with Crippen molar-refractivity contribution in [3.05, 3.63) is 155 Å². The molecule has 0 amide bonds. The van der Waals surface area contributed by atoms with Gasteiger partial charge in [0.05, 0.1) is 5.41 Å². The van der Waals surface area contributed by atoms with Gasteiger partial charge in [-0.2, -0.15) is 0 Å². The van der Waals surface area contributed by atoms with E-state index in [1.165, 1.54) is 72.0 Å². The van der Waals surface area contributed by atoms with Crippen LogP contribution in [0.4, 0.5) is 0 Å². The van der Waals surface area contributed by atoms with Crippen molar-refractivity contribution in [2.24, 2.45) is 0 Å². The van der Waals surface area contributed by atoms with Gasteiger partial charge in [-0.1, -0.05) is 121 Å². The standard InChI is InChI=1S/C36H24/c1-23-18-19-24-10-2-3-11-26(24)35(23)25-20-21-30-29-14-6-9-17-33(29)36(34(30)22-25)31-15-7-4-12-27(31)28-13-5-8-16-32(28)36/h2-22H,1H3. The molecule has 2 aliphatic rings. The Bertz CT molecular complexity index is 1790. The third kappa shape index (κ3) is 2.34. The highest BCUT2D eigenvalue weighted by Gasteiger charge is 2.51. The van der Waals surface area contributed by atoms with Crippen molar-refractivity contribution in [2.45, 2.75) is 12.3 Å². The summed E-state index contributed by atoms with van der Waals surface area (Å²) < 4.78 is 0. The predicted octanol–water partition coefficient (Wildman–Crippen LogP) is 9.16. The lowest BCUT2D eigenvalue weighted by Crippen LogP contribution is -2.25. The van der Waals surface area contributed by atoms with Gasteiger partial charge in [-0.25, -0.2) is 0 Å². The van der Waals surface area contributed by atoms with Crippen molar-refractivity contribution in [2.75, 3.05) is 0 Å². The van der Waals surface area contributed by atoms with Gasteiger partial charge in [0.1, 0.15) is 0 Å². The maximum Gasteiger partial charge on any atom is 0.0725 e. The average molecular weight is 457 g/mol. The van der Waals surface area contributed by atoms with Gasteiger partial charge in [0.2, 0.25) is 0 Å². The van der Waals surface area contributed by atoms with E-state index < -0.39 is 0 Å². The number of benzene rings is 6. The Labute approximate surface area is 211 Å². The first kappa shape index (κ1) is 19.8. The molecule has 6 aromatic rings. The SMILES string of the molecule is Cc1ccc2ccccc2c1-c1ccc2c(c1)C1(c3ccccc3-c3ccccc31)c1ccccc1-2. The zero-order valence-corrected chi connectivity index (χ0v) is 20.1. The monoisotopic (exact) mass is 456 g/mol. The van der Waals surface area contributed by atoms with Gasteiger partial charge in [-0.3, -0.25) is 0 Å². The first-order valence-corrected chi connectivity index (χ1v) is 12.7. The van der Waals surface area contributed by atoms with E-state index in [0.29, 0.717) is 0 Å². The van der Waals surface area contributed by atoms with Crippen LogP contribution >= 0.6 is 0 Å². The highest BCUT2D eigenvalue weighted by atomic mass is 14.5. The van der Waals surface area contributed by atoms with E-state index in [9.17, 15) is 0 Å². The summed E-state index contributed by atoms with van der Waals surface area (Å²) in [6.07, 6.45) is 0. The molecule has 0 nitrogen and oxygen atoms in total. The van der Waals surface area contributed by atoms with Gasteiger partial charge < -0.3 is 0 Å². The zero-order valence-electron chi connectivity index (χ0n) is 20.1. The van der Waals surface area contributed by atoms with E-state index in [0.717, 1.165) is 0 Å². The third-order valence-electron chi connectivity index (χ3n) is 8.42. The van der Waals surface area contributed by atoms with Crippen LogP contribution in [0.3, 0.4) is 0 Å². The molecule has 0 N–H and O–H groups in total. The van der Waals surface area contributed by atoms with Gasteiger partial charge >= 0.3 is 0 Å². The van der Waals surface area contributed by atoms with Crippen molar-refractivity contribution in [1.29, 1.82) is 0 Å². The van der Waals surface area contributed by atoms with Crippen LogP contribution in [-0.2, 0) is 5.41 Å². The molecule has 2 aliphatic carbocycles. The molecule has 8 rings (SSSR count). The van der Waals surface area contributed by atoms with Crippen LogP contribution in [0.15, 0.2) is 127 Å². The molecule has 0 saturated carbocycles. The van der Waals surface area contributed by atoms with Crippen LogP contribution in [0, 0.1) is 6.92 Å². The summed E-state index contributed by atoms with van der Waals surface area (Å²) >= 11 is 0. The molecule has 1 spiro atoms. The Morgan fingerprint density at radius 2 is 0.972 bits per heavy atom. The Kier molecular flexibility index (Phi) is 3.89. The van der Waals surface area contributed by atoms with E-state index in [4.69, 9.17) is 0 Å². The minimum absolute atomic E-state index is 0.298. The van der Waals surface area contributed by atoms with Crippen molar-refractivity contribution in [3.63, 3.8) is 0 Å². The molecule has 0 bridgehead atoms. The summed E-state index contributed by atoms with van der Waals surface area (Å²) in [6, 6.07) is 47.5. The van der Waals surface area contributed by atoms with Gasteiger partial charge in [0, 0.05) is 0 Å². The minimum Gasteiger partial charge on any atom is -0.0619 e. The molecule has 6 aromatic carbocycles. The Morgan fingerprint density at radius 3 is 1.61 bits per heavy atom. The molecular formula is C36H24. The summed E-state index contributed by atoms with van der Waals surface area (Å²) in [5, 5.41) is 2.60. The van der Waals surface area contributed by atoms with Gasteiger partial charge in [0.15, 0.2) is 0 Å². The molecular weight excluding hydrogens is 432 g/mol. The minimum atomic E-state index is -0.298. The lowest BCUT2D eigenvalue weighted by Gasteiger charge is -2.30. The first-order chi connectivity index (χ1) is 17.8. The smallest absolute Gasteiger partial charge is 0.0619 e. The molecule has 0 heteroatoms. The Balaban J connectivity index is 1.52. The summed E-state index contributed by atoms with van der Waals surface area (Å²) in [7, 11) is 0. The van der Waals surface area contributed by atoms with E-state index in [1.807, 2.05) is 0 Å². The number of hydrogen-bond acceptors (Lipinski definition) is 0. The zero-order chi connectivity index (χ0) is 23.9. The van der Waals surface area contributed by atoms with Crippen LogP contribution < -0.4 is 0 Å². The highest BCUT2D eigenvalue weighted by molar-refractivity contribution is 6.01. The largest absolute Gasteiger partial charge is 0.0725 e. The molecule has 168 valence electrons. The van der Waals surface area contributed by atoms with Crippen molar-refractivity contribution < 1.29 is 0 Å². The molecule has 0 radical (unpaired) electrons. The van der Waals surface area contributed by atoms with Gasteiger partial charge in [-0.05, 0) is 85.0 Å². The topological polar surface area (TPSA) is 0 Å². The summed E-state index contributed by atoms with van der Waals surface area (Å²) in [5.41, 5.74) is 14.6. The van der Waals surface area contributed by atoms with Crippen molar-refractivity contribution in [3.8, 4) is 33.4 Å². The fourth-order valence-electron chi connectivity index (χ4n) is 7.01. The fourth-order valence-corrected chi connectivity index (χ4v) is 7.01. The van der Waals surface area contributed by atoms with Crippen LogP contribution in [-0.4, -0.2) is 0 Å². The van der Waals surface area contributed by atoms with Crippen molar-refractivity contribution >= 4 is 10.8 Å². The van der Waals surface area contributed by atoms with Crippen molar-refractivity contribution in [1.82, 2.24) is 0 Å². The number of rotatable bonds is 1. The van der Waals surface area contributed by atoms with E-state index in [-0.39, 0.29) is 5.41 Å². The number of fused-ring (bicyclic) bond motifs is 11. The molecule has 0 heterocycles.